The highest BCUT2D eigenvalue weighted by Crippen LogP contribution is 2.37. The summed E-state index contributed by atoms with van der Waals surface area (Å²) in [6.45, 7) is 4.10. The van der Waals surface area contributed by atoms with Gasteiger partial charge in [0.05, 0.1) is 12.9 Å². The van der Waals surface area contributed by atoms with E-state index in [-0.39, 0.29) is 18.3 Å². The molecular weight excluding hydrogens is 332 g/mol. The lowest BCUT2D eigenvalue weighted by atomic mass is 9.78. The average Bonchev–Trinajstić information content (AvgIpc) is 3.01. The summed E-state index contributed by atoms with van der Waals surface area (Å²) in [4.78, 5) is 15.5. The first-order chi connectivity index (χ1) is 10.7. The number of carbonyl (C=O) groups excluding carboxylic acids is 1. The van der Waals surface area contributed by atoms with Crippen molar-refractivity contribution in [2.75, 3.05) is 39.0 Å². The molecule has 0 aromatic heterocycles. The number of amides is 1. The summed E-state index contributed by atoms with van der Waals surface area (Å²) in [5.41, 5.74) is 0.469. The van der Waals surface area contributed by atoms with Crippen LogP contribution < -0.4 is 10.1 Å². The molecular formula is C17H25ClN2O2S. The maximum Gasteiger partial charge on any atom is 0.232 e. The summed E-state index contributed by atoms with van der Waals surface area (Å²) < 4.78 is 5.22. The van der Waals surface area contributed by atoms with Crippen molar-refractivity contribution < 1.29 is 9.53 Å². The summed E-state index contributed by atoms with van der Waals surface area (Å²) in [5, 5.41) is 3.46. The van der Waals surface area contributed by atoms with Crippen LogP contribution in [0.5, 0.6) is 5.75 Å². The third kappa shape index (κ3) is 4.55. The Hall–Kier alpha value is -0.910. The Balaban J connectivity index is 0.00000192. The molecule has 0 unspecified atom stereocenters. The largest absolute Gasteiger partial charge is 0.497 e. The first-order valence-corrected chi connectivity index (χ1v) is 8.95. The van der Waals surface area contributed by atoms with Gasteiger partial charge in [0.15, 0.2) is 0 Å². The number of halogens is 1. The number of nitrogens with zero attached hydrogens (tertiary/aromatic N) is 1. The van der Waals surface area contributed by atoms with Gasteiger partial charge in [-0.2, -0.15) is 0 Å². The fourth-order valence-corrected chi connectivity index (χ4v) is 4.23. The van der Waals surface area contributed by atoms with Crippen molar-refractivity contribution in [1.82, 2.24) is 10.2 Å². The van der Waals surface area contributed by atoms with Crippen LogP contribution in [0.15, 0.2) is 29.2 Å². The van der Waals surface area contributed by atoms with Crippen molar-refractivity contribution in [2.24, 2.45) is 5.41 Å². The molecule has 1 amide bonds. The number of benzene rings is 1. The second-order valence-electron chi connectivity index (χ2n) is 6.28. The van der Waals surface area contributed by atoms with Crippen LogP contribution in [0.3, 0.4) is 0 Å². The zero-order valence-corrected chi connectivity index (χ0v) is 15.2. The zero-order chi connectivity index (χ0) is 15.4. The molecule has 0 radical (unpaired) electrons. The highest BCUT2D eigenvalue weighted by atomic mass is 35.5. The standard InChI is InChI=1S/C17H24N2O2S.ClH/c1-21-14-3-2-4-15(11-14)22-12-16(20)19-9-6-17(7-10-19)5-8-18-13-17;/h2-4,11,18H,5-10,12-13H2,1H3;1H. The van der Waals surface area contributed by atoms with Gasteiger partial charge in [-0.15, -0.1) is 24.2 Å². The molecule has 128 valence electrons. The number of thioether (sulfide) groups is 1. The number of rotatable bonds is 4. The molecule has 6 heteroatoms. The van der Waals surface area contributed by atoms with Crippen molar-refractivity contribution in [2.45, 2.75) is 24.2 Å². The Morgan fingerprint density at radius 3 is 2.78 bits per heavy atom. The maximum absolute atomic E-state index is 12.4. The fourth-order valence-electron chi connectivity index (χ4n) is 3.38. The molecule has 0 saturated carbocycles. The van der Waals surface area contributed by atoms with Crippen LogP contribution in [0.2, 0.25) is 0 Å². The van der Waals surface area contributed by atoms with E-state index in [2.05, 4.69) is 5.32 Å². The van der Waals surface area contributed by atoms with Crippen LogP contribution in [0, 0.1) is 5.41 Å². The second-order valence-corrected chi connectivity index (χ2v) is 7.32. The Morgan fingerprint density at radius 2 is 2.13 bits per heavy atom. The molecule has 2 aliphatic rings. The first-order valence-electron chi connectivity index (χ1n) is 7.96. The van der Waals surface area contributed by atoms with Gasteiger partial charge in [0, 0.05) is 24.5 Å². The Bertz CT molecular complexity index is 525. The summed E-state index contributed by atoms with van der Waals surface area (Å²) in [7, 11) is 1.66. The van der Waals surface area contributed by atoms with Gasteiger partial charge < -0.3 is 15.0 Å². The Morgan fingerprint density at radius 1 is 1.35 bits per heavy atom. The van der Waals surface area contributed by atoms with E-state index in [1.807, 2.05) is 29.2 Å². The fraction of sp³-hybridized carbons (Fsp3) is 0.588. The molecule has 2 fully saturated rings. The number of hydrogen-bond acceptors (Lipinski definition) is 4. The second kappa shape index (κ2) is 8.27. The van der Waals surface area contributed by atoms with Crippen LogP contribution >= 0.6 is 24.2 Å². The molecule has 0 atom stereocenters. The minimum Gasteiger partial charge on any atom is -0.497 e. The monoisotopic (exact) mass is 356 g/mol. The van der Waals surface area contributed by atoms with E-state index in [1.54, 1.807) is 18.9 Å². The van der Waals surface area contributed by atoms with E-state index in [0.717, 1.165) is 49.7 Å². The third-order valence-electron chi connectivity index (χ3n) is 4.91. The minimum atomic E-state index is 0. The number of carbonyl (C=O) groups is 1. The van der Waals surface area contributed by atoms with E-state index in [4.69, 9.17) is 4.74 Å². The topological polar surface area (TPSA) is 41.6 Å². The van der Waals surface area contributed by atoms with Crippen LogP contribution in [-0.4, -0.2) is 49.8 Å². The summed E-state index contributed by atoms with van der Waals surface area (Å²) in [6, 6.07) is 7.89. The molecule has 4 nitrogen and oxygen atoms in total. The van der Waals surface area contributed by atoms with Gasteiger partial charge in [-0.3, -0.25) is 4.79 Å². The molecule has 3 rings (SSSR count). The van der Waals surface area contributed by atoms with Crippen molar-refractivity contribution >= 4 is 30.1 Å². The van der Waals surface area contributed by atoms with Gasteiger partial charge in [-0.05, 0) is 49.4 Å². The normalized spacial score (nSPS) is 19.4. The minimum absolute atomic E-state index is 0. The quantitative estimate of drug-likeness (QED) is 0.842. The number of ether oxygens (including phenoxy) is 1. The van der Waals surface area contributed by atoms with Gasteiger partial charge in [-0.1, -0.05) is 6.07 Å². The SMILES string of the molecule is COc1cccc(SCC(=O)N2CCC3(CCNC3)CC2)c1.Cl. The summed E-state index contributed by atoms with van der Waals surface area (Å²) >= 11 is 1.59. The van der Waals surface area contributed by atoms with Crippen molar-refractivity contribution in [3.8, 4) is 5.75 Å². The number of hydrogen-bond donors (Lipinski definition) is 1. The average molecular weight is 357 g/mol. The van der Waals surface area contributed by atoms with Crippen LogP contribution in [0.1, 0.15) is 19.3 Å². The number of piperidine rings is 1. The van der Waals surface area contributed by atoms with Gasteiger partial charge in [0.1, 0.15) is 5.75 Å². The smallest absolute Gasteiger partial charge is 0.232 e. The predicted octanol–water partition coefficient (Wildman–Crippen LogP) is 2.81. The molecule has 2 saturated heterocycles. The van der Waals surface area contributed by atoms with E-state index in [9.17, 15) is 4.79 Å². The molecule has 1 aromatic carbocycles. The van der Waals surface area contributed by atoms with Crippen LogP contribution in [0.25, 0.3) is 0 Å². The van der Waals surface area contributed by atoms with Gasteiger partial charge >= 0.3 is 0 Å². The molecule has 23 heavy (non-hydrogen) atoms. The lowest BCUT2D eigenvalue weighted by Gasteiger charge is -2.38. The van der Waals surface area contributed by atoms with E-state index in [1.165, 1.54) is 6.42 Å². The van der Waals surface area contributed by atoms with Crippen molar-refractivity contribution in [3.63, 3.8) is 0 Å². The highest BCUT2D eigenvalue weighted by molar-refractivity contribution is 8.00. The molecule has 1 spiro atoms. The van der Waals surface area contributed by atoms with Crippen LogP contribution in [-0.2, 0) is 4.79 Å². The number of methoxy groups -OCH3 is 1. The molecule has 1 N–H and O–H groups in total. The zero-order valence-electron chi connectivity index (χ0n) is 13.5. The molecule has 1 aromatic rings. The Labute approximate surface area is 148 Å². The van der Waals surface area contributed by atoms with E-state index in [0.29, 0.717) is 11.2 Å². The number of likely N-dealkylation sites (tertiary alicyclic amines) is 1. The van der Waals surface area contributed by atoms with Gasteiger partial charge in [-0.25, -0.2) is 0 Å². The lowest BCUT2D eigenvalue weighted by Crippen LogP contribution is -2.44. The summed E-state index contributed by atoms with van der Waals surface area (Å²) in [5.74, 6) is 1.61. The van der Waals surface area contributed by atoms with Gasteiger partial charge in [0.2, 0.25) is 5.91 Å². The van der Waals surface area contributed by atoms with E-state index < -0.39 is 0 Å². The predicted molar refractivity (Wildman–Crippen MR) is 96.7 cm³/mol. The maximum atomic E-state index is 12.4. The summed E-state index contributed by atoms with van der Waals surface area (Å²) in [6.07, 6.45) is 3.57. The van der Waals surface area contributed by atoms with Crippen molar-refractivity contribution in [3.05, 3.63) is 24.3 Å². The van der Waals surface area contributed by atoms with Crippen LogP contribution in [0.4, 0.5) is 0 Å². The van der Waals surface area contributed by atoms with Gasteiger partial charge in [0.25, 0.3) is 0 Å². The Kier molecular flexibility index (Phi) is 6.62. The highest BCUT2D eigenvalue weighted by Gasteiger charge is 2.37. The van der Waals surface area contributed by atoms with Crippen molar-refractivity contribution in [1.29, 1.82) is 0 Å². The molecule has 0 aliphatic carbocycles. The van der Waals surface area contributed by atoms with E-state index >= 15 is 0 Å². The third-order valence-corrected chi connectivity index (χ3v) is 5.89. The molecule has 0 bridgehead atoms. The first kappa shape index (κ1) is 18.4. The molecule has 2 heterocycles. The number of nitrogens with one attached hydrogen (secondary N) is 1. The molecule has 2 aliphatic heterocycles. The lowest BCUT2D eigenvalue weighted by molar-refractivity contribution is -0.130.